The van der Waals surface area contributed by atoms with E-state index in [1.54, 1.807) is 6.07 Å². The van der Waals surface area contributed by atoms with Crippen molar-refractivity contribution in [3.05, 3.63) is 74.9 Å². The van der Waals surface area contributed by atoms with E-state index in [1.165, 1.54) is 30.3 Å². The van der Waals surface area contributed by atoms with Crippen LogP contribution < -0.4 is 10.2 Å². The predicted octanol–water partition coefficient (Wildman–Crippen LogP) is 4.45. The molecule has 1 aliphatic heterocycles. The minimum atomic E-state index is -0.633. The van der Waals surface area contributed by atoms with Crippen LogP contribution in [0.2, 0.25) is 15.1 Å². The molecule has 0 saturated carbocycles. The summed E-state index contributed by atoms with van der Waals surface area (Å²) in [5.41, 5.74) is 0.739. The van der Waals surface area contributed by atoms with Gasteiger partial charge in [0.05, 0.1) is 15.7 Å². The van der Waals surface area contributed by atoms with Crippen molar-refractivity contribution in [2.75, 3.05) is 4.90 Å². The molecule has 0 bridgehead atoms. The van der Waals surface area contributed by atoms with Crippen LogP contribution in [0.1, 0.15) is 15.9 Å². The molecule has 25 heavy (non-hydrogen) atoms. The number of imide groups is 1. The first kappa shape index (κ1) is 17.5. The zero-order chi connectivity index (χ0) is 18.3. The largest absolute Gasteiger partial charge is 0.333 e. The van der Waals surface area contributed by atoms with Crippen molar-refractivity contribution in [1.29, 1.82) is 0 Å². The summed E-state index contributed by atoms with van der Waals surface area (Å²) in [6, 6.07) is 8.23. The molecule has 0 atom stereocenters. The van der Waals surface area contributed by atoms with Crippen molar-refractivity contribution in [1.82, 2.24) is 5.32 Å². The van der Waals surface area contributed by atoms with Gasteiger partial charge in [0.15, 0.2) is 5.78 Å². The lowest BCUT2D eigenvalue weighted by atomic mass is 10.0. The number of anilines is 1. The third kappa shape index (κ3) is 3.14. The summed E-state index contributed by atoms with van der Waals surface area (Å²) in [6.45, 7) is 3.55. The van der Waals surface area contributed by atoms with Crippen LogP contribution in [-0.2, 0) is 4.79 Å². The fourth-order valence-electron chi connectivity index (χ4n) is 2.37. The van der Waals surface area contributed by atoms with Crippen molar-refractivity contribution in [2.45, 2.75) is 0 Å². The molecule has 1 saturated heterocycles. The monoisotopic (exact) mass is 394 g/mol. The number of benzene rings is 2. The topological polar surface area (TPSA) is 66.5 Å². The molecule has 126 valence electrons. The molecule has 1 heterocycles. The highest BCUT2D eigenvalue weighted by Gasteiger charge is 2.33. The number of carbonyl (C=O) groups is 3. The summed E-state index contributed by atoms with van der Waals surface area (Å²) < 4.78 is 0. The number of ketones is 1. The minimum absolute atomic E-state index is 0.0270. The number of rotatable bonds is 3. The Morgan fingerprint density at radius 3 is 2.08 bits per heavy atom. The molecule has 0 radical (unpaired) electrons. The van der Waals surface area contributed by atoms with Crippen molar-refractivity contribution < 1.29 is 14.4 Å². The second-order valence-electron chi connectivity index (χ2n) is 5.16. The number of halogens is 3. The maximum Gasteiger partial charge on any atom is 0.333 e. The first-order chi connectivity index (χ1) is 11.8. The van der Waals surface area contributed by atoms with Gasteiger partial charge >= 0.3 is 6.03 Å². The van der Waals surface area contributed by atoms with Gasteiger partial charge in [0.1, 0.15) is 5.70 Å². The standard InChI is InChI=1S/C17H9Cl3N2O3/c1-8-16(24)21-17(25)22(8)10-3-5-12(14(20)7-10)15(23)11-4-2-9(18)6-13(11)19/h2-7H,1H2,(H,21,24,25). The molecule has 2 aromatic carbocycles. The van der Waals surface area contributed by atoms with Crippen molar-refractivity contribution >= 4 is 58.2 Å². The van der Waals surface area contributed by atoms with Crippen LogP contribution in [0, 0.1) is 0 Å². The van der Waals surface area contributed by atoms with Gasteiger partial charge in [0.25, 0.3) is 5.91 Å². The van der Waals surface area contributed by atoms with Gasteiger partial charge < -0.3 is 0 Å². The zero-order valence-electron chi connectivity index (χ0n) is 12.5. The van der Waals surface area contributed by atoms with Crippen molar-refractivity contribution in [2.24, 2.45) is 0 Å². The Hall–Kier alpha value is -2.34. The molecule has 0 aromatic heterocycles. The Balaban J connectivity index is 1.97. The Labute approximate surface area is 157 Å². The molecule has 1 aliphatic rings. The molecule has 3 amide bonds. The quantitative estimate of drug-likeness (QED) is 0.474. The Morgan fingerprint density at radius 1 is 0.960 bits per heavy atom. The lowest BCUT2D eigenvalue weighted by Crippen LogP contribution is -2.27. The predicted molar refractivity (Wildman–Crippen MR) is 96.5 cm³/mol. The lowest BCUT2D eigenvalue weighted by Gasteiger charge is -2.16. The van der Waals surface area contributed by atoms with Crippen molar-refractivity contribution in [3.8, 4) is 0 Å². The number of amides is 3. The van der Waals surface area contributed by atoms with Crippen LogP contribution in [0.3, 0.4) is 0 Å². The van der Waals surface area contributed by atoms with Crippen LogP contribution in [-0.4, -0.2) is 17.7 Å². The molecule has 1 fully saturated rings. The van der Waals surface area contributed by atoms with E-state index in [0.29, 0.717) is 10.7 Å². The third-order valence-corrected chi connectivity index (χ3v) is 4.45. The average molecular weight is 396 g/mol. The summed E-state index contributed by atoms with van der Waals surface area (Å²) >= 11 is 18.1. The molecule has 3 rings (SSSR count). The van der Waals surface area contributed by atoms with Crippen molar-refractivity contribution in [3.63, 3.8) is 0 Å². The van der Waals surface area contributed by atoms with E-state index in [-0.39, 0.29) is 32.7 Å². The summed E-state index contributed by atoms with van der Waals surface area (Å²) in [7, 11) is 0. The number of carbonyl (C=O) groups excluding carboxylic acids is 3. The van der Waals surface area contributed by atoms with Gasteiger partial charge in [-0.05, 0) is 36.4 Å². The van der Waals surface area contributed by atoms with Gasteiger partial charge in [-0.2, -0.15) is 0 Å². The number of nitrogens with zero attached hydrogens (tertiary/aromatic N) is 1. The van der Waals surface area contributed by atoms with Crippen LogP contribution in [0.25, 0.3) is 0 Å². The van der Waals surface area contributed by atoms with Crippen LogP contribution >= 0.6 is 34.8 Å². The Kier molecular flexibility index (Phi) is 4.56. The lowest BCUT2D eigenvalue weighted by molar-refractivity contribution is -0.115. The molecule has 1 N–H and O–H groups in total. The molecular weight excluding hydrogens is 387 g/mol. The van der Waals surface area contributed by atoms with Crippen LogP contribution in [0.4, 0.5) is 10.5 Å². The Morgan fingerprint density at radius 2 is 1.56 bits per heavy atom. The highest BCUT2D eigenvalue weighted by Crippen LogP contribution is 2.31. The van der Waals surface area contributed by atoms with E-state index in [0.717, 1.165) is 4.90 Å². The highest BCUT2D eigenvalue weighted by molar-refractivity contribution is 6.39. The molecule has 5 nitrogen and oxygen atoms in total. The maximum absolute atomic E-state index is 12.6. The van der Waals surface area contributed by atoms with E-state index in [1.807, 2.05) is 0 Å². The molecule has 0 unspecified atom stereocenters. The van der Waals surface area contributed by atoms with E-state index in [2.05, 4.69) is 11.9 Å². The summed E-state index contributed by atoms with van der Waals surface area (Å²) in [5.74, 6) is -0.979. The second kappa shape index (κ2) is 6.52. The van der Waals surface area contributed by atoms with Gasteiger partial charge in [-0.25, -0.2) is 4.79 Å². The van der Waals surface area contributed by atoms with Gasteiger partial charge in [0, 0.05) is 16.1 Å². The SMILES string of the molecule is C=C1C(=O)NC(=O)N1c1ccc(C(=O)c2ccc(Cl)cc2Cl)c(Cl)c1. The van der Waals surface area contributed by atoms with Gasteiger partial charge in [-0.15, -0.1) is 0 Å². The number of nitrogens with one attached hydrogen (secondary N) is 1. The third-order valence-electron chi connectivity index (χ3n) is 3.59. The number of urea groups is 1. The summed E-state index contributed by atoms with van der Waals surface area (Å²) in [4.78, 5) is 37.0. The molecule has 8 heteroatoms. The van der Waals surface area contributed by atoms with E-state index in [4.69, 9.17) is 34.8 Å². The fourth-order valence-corrected chi connectivity index (χ4v) is 3.12. The number of hydrogen-bond donors (Lipinski definition) is 1. The van der Waals surface area contributed by atoms with E-state index < -0.39 is 11.9 Å². The smallest absolute Gasteiger partial charge is 0.288 e. The molecular formula is C17H9Cl3N2O3. The van der Waals surface area contributed by atoms with E-state index in [9.17, 15) is 14.4 Å². The van der Waals surface area contributed by atoms with E-state index >= 15 is 0 Å². The normalized spacial score (nSPS) is 14.0. The maximum atomic E-state index is 12.6. The average Bonchev–Trinajstić information content (AvgIpc) is 2.79. The Bertz CT molecular complexity index is 956. The summed E-state index contributed by atoms with van der Waals surface area (Å²) in [6.07, 6.45) is 0. The molecule has 0 spiro atoms. The fraction of sp³-hybridized carbons (Fsp3) is 0. The number of hydrogen-bond acceptors (Lipinski definition) is 3. The molecule has 0 aliphatic carbocycles. The minimum Gasteiger partial charge on any atom is -0.288 e. The van der Waals surface area contributed by atoms with Crippen LogP contribution in [0.5, 0.6) is 0 Å². The molecule has 2 aromatic rings. The van der Waals surface area contributed by atoms with Gasteiger partial charge in [-0.1, -0.05) is 41.4 Å². The van der Waals surface area contributed by atoms with Gasteiger partial charge in [0.2, 0.25) is 0 Å². The highest BCUT2D eigenvalue weighted by atomic mass is 35.5. The first-order valence-electron chi connectivity index (χ1n) is 6.93. The first-order valence-corrected chi connectivity index (χ1v) is 8.06. The summed E-state index contributed by atoms with van der Waals surface area (Å²) in [5, 5.41) is 2.84. The zero-order valence-corrected chi connectivity index (χ0v) is 14.7. The van der Waals surface area contributed by atoms with Gasteiger partial charge in [-0.3, -0.25) is 19.8 Å². The van der Waals surface area contributed by atoms with Crippen LogP contribution in [0.15, 0.2) is 48.7 Å². The second-order valence-corrected chi connectivity index (χ2v) is 6.41.